The van der Waals surface area contributed by atoms with Crippen molar-refractivity contribution in [1.29, 1.82) is 0 Å². The molecule has 1 amide bonds. The highest BCUT2D eigenvalue weighted by Crippen LogP contribution is 2.36. The van der Waals surface area contributed by atoms with Crippen LogP contribution in [0.25, 0.3) is 5.65 Å². The minimum Gasteiger partial charge on any atom is -0.383 e. The first kappa shape index (κ1) is 22.7. The number of rotatable bonds is 4. The van der Waals surface area contributed by atoms with Crippen LogP contribution in [0.3, 0.4) is 0 Å². The number of fused-ring (bicyclic) bond motifs is 1. The van der Waals surface area contributed by atoms with E-state index in [1.54, 1.807) is 6.20 Å². The quantitative estimate of drug-likeness (QED) is 0.372. The Morgan fingerprint density at radius 1 is 1.06 bits per heavy atom. The van der Waals surface area contributed by atoms with Crippen molar-refractivity contribution in [3.63, 3.8) is 0 Å². The molecular weight excluding hydrogens is 469 g/mol. The summed E-state index contributed by atoms with van der Waals surface area (Å²) in [7, 11) is 0. The van der Waals surface area contributed by atoms with Gasteiger partial charge >= 0.3 is 6.18 Å². The third kappa shape index (κ3) is 4.53. The summed E-state index contributed by atoms with van der Waals surface area (Å²) in [6, 6.07) is 6.14. The van der Waals surface area contributed by atoms with Crippen LogP contribution in [0.5, 0.6) is 0 Å². The van der Waals surface area contributed by atoms with Crippen molar-refractivity contribution in [2.24, 2.45) is 0 Å². The van der Waals surface area contributed by atoms with Crippen LogP contribution < -0.4 is 5.32 Å². The molecule has 0 radical (unpaired) electrons. The average Bonchev–Trinajstić information content (AvgIpc) is 3.22. The van der Waals surface area contributed by atoms with Gasteiger partial charge in [-0.1, -0.05) is 11.6 Å². The van der Waals surface area contributed by atoms with Crippen LogP contribution in [0.15, 0.2) is 61.1 Å². The second-order valence-electron chi connectivity index (χ2n) is 7.05. The topological polar surface area (TPSA) is 66.6 Å². The molecule has 4 aromatic rings. The summed E-state index contributed by atoms with van der Waals surface area (Å²) in [6.45, 7) is 0. The van der Waals surface area contributed by atoms with Crippen molar-refractivity contribution < 1.29 is 31.9 Å². The molecule has 0 aliphatic rings. The number of pyridine rings is 1. The van der Waals surface area contributed by atoms with Crippen molar-refractivity contribution in [2.45, 2.75) is 12.3 Å². The van der Waals surface area contributed by atoms with E-state index in [0.29, 0.717) is 12.1 Å². The summed E-state index contributed by atoms with van der Waals surface area (Å²) in [5, 5.41) is 13.4. The minimum absolute atomic E-state index is 0.01000. The summed E-state index contributed by atoms with van der Waals surface area (Å²) >= 11 is 6.11. The number of amides is 1. The number of aliphatic hydroxyl groups excluding tert-OH is 1. The maximum atomic E-state index is 13.8. The molecule has 2 aromatic carbocycles. The van der Waals surface area contributed by atoms with Crippen molar-refractivity contribution in [3.05, 3.63) is 100.0 Å². The molecule has 0 bridgehead atoms. The molecule has 0 aliphatic carbocycles. The Kier molecular flexibility index (Phi) is 5.81. The number of halogens is 6. The first-order chi connectivity index (χ1) is 15.5. The number of hydrogen-bond acceptors (Lipinski definition) is 3. The fourth-order valence-electron chi connectivity index (χ4n) is 3.34. The lowest BCUT2D eigenvalue weighted by Gasteiger charge is -2.19. The molecule has 0 saturated heterocycles. The highest BCUT2D eigenvalue weighted by Gasteiger charge is 2.32. The van der Waals surface area contributed by atoms with Crippen LogP contribution in [-0.4, -0.2) is 20.4 Å². The van der Waals surface area contributed by atoms with Gasteiger partial charge in [-0.25, -0.2) is 13.8 Å². The number of hydrogen-bond donors (Lipinski definition) is 2. The highest BCUT2D eigenvalue weighted by atomic mass is 35.5. The lowest BCUT2D eigenvalue weighted by molar-refractivity contribution is -0.137. The Bertz CT molecular complexity index is 1370. The van der Waals surface area contributed by atoms with E-state index in [0.717, 1.165) is 12.1 Å². The molecule has 0 saturated carbocycles. The Balaban J connectivity index is 1.79. The van der Waals surface area contributed by atoms with E-state index in [2.05, 4.69) is 10.3 Å². The smallest absolute Gasteiger partial charge is 0.383 e. The number of anilines is 1. The van der Waals surface area contributed by atoms with E-state index in [1.807, 2.05) is 0 Å². The number of alkyl halides is 3. The maximum absolute atomic E-state index is 13.8. The Morgan fingerprint density at radius 2 is 1.82 bits per heavy atom. The zero-order valence-corrected chi connectivity index (χ0v) is 17.1. The van der Waals surface area contributed by atoms with Crippen molar-refractivity contribution in [1.82, 2.24) is 9.38 Å². The first-order valence-electron chi connectivity index (χ1n) is 9.32. The van der Waals surface area contributed by atoms with Gasteiger partial charge in [-0.05, 0) is 42.5 Å². The molecular formula is C22H13ClF5N3O2. The standard InChI is InChI=1S/C22H13ClF5N3O2/c23-16-2-1-13(24)10-15(16)19(32)18-17(3-5-31-6-4-29-20(18)31)30-21(33)11-7-12(22(26,27)28)9-14(25)8-11/h1-10,19,32H,(H,30,33). The van der Waals surface area contributed by atoms with Crippen molar-refractivity contribution in [3.8, 4) is 0 Å². The van der Waals surface area contributed by atoms with Gasteiger partial charge in [0, 0.05) is 34.7 Å². The minimum atomic E-state index is -4.86. The third-order valence-corrected chi connectivity index (χ3v) is 5.21. The fourth-order valence-corrected chi connectivity index (χ4v) is 3.57. The third-order valence-electron chi connectivity index (χ3n) is 4.86. The van der Waals surface area contributed by atoms with Crippen molar-refractivity contribution in [2.75, 3.05) is 5.32 Å². The Morgan fingerprint density at radius 3 is 2.55 bits per heavy atom. The number of nitrogens with zero attached hydrogens (tertiary/aromatic N) is 2. The zero-order chi connectivity index (χ0) is 23.9. The van der Waals surface area contributed by atoms with E-state index < -0.39 is 40.9 Å². The molecule has 33 heavy (non-hydrogen) atoms. The van der Waals surface area contributed by atoms with Crippen LogP contribution in [0.2, 0.25) is 5.02 Å². The predicted octanol–water partition coefficient (Wildman–Crippen LogP) is 5.62. The summed E-state index contributed by atoms with van der Waals surface area (Å²) in [5.41, 5.74) is -1.79. The lowest BCUT2D eigenvalue weighted by Crippen LogP contribution is -2.17. The van der Waals surface area contributed by atoms with Crippen LogP contribution in [0, 0.1) is 11.6 Å². The van der Waals surface area contributed by atoms with Gasteiger partial charge in [0.25, 0.3) is 5.91 Å². The largest absolute Gasteiger partial charge is 0.416 e. The molecule has 5 nitrogen and oxygen atoms in total. The van der Waals surface area contributed by atoms with E-state index in [9.17, 15) is 31.9 Å². The number of benzene rings is 2. The molecule has 4 rings (SSSR count). The second-order valence-corrected chi connectivity index (χ2v) is 7.46. The lowest BCUT2D eigenvalue weighted by atomic mass is 10.00. The van der Waals surface area contributed by atoms with Crippen LogP contribution in [-0.2, 0) is 6.18 Å². The number of carbonyl (C=O) groups excluding carboxylic acids is 1. The van der Waals surface area contributed by atoms with Gasteiger partial charge in [-0.3, -0.25) is 4.79 Å². The van der Waals surface area contributed by atoms with Gasteiger partial charge < -0.3 is 14.8 Å². The fraction of sp³-hybridized carbons (Fsp3) is 0.0909. The molecule has 0 fully saturated rings. The monoisotopic (exact) mass is 481 g/mol. The second kappa shape index (κ2) is 8.45. The Labute approximate surface area is 188 Å². The normalized spacial score (nSPS) is 12.7. The maximum Gasteiger partial charge on any atom is 0.416 e. The van der Waals surface area contributed by atoms with E-state index in [4.69, 9.17) is 11.6 Å². The van der Waals surface area contributed by atoms with Gasteiger partial charge in [-0.2, -0.15) is 13.2 Å². The van der Waals surface area contributed by atoms with Crippen LogP contribution in [0.1, 0.15) is 33.2 Å². The SMILES string of the molecule is O=C(Nc1ccn2ccnc2c1C(O)c1cc(F)ccc1Cl)c1cc(F)cc(C(F)(F)F)c1. The molecule has 170 valence electrons. The van der Waals surface area contributed by atoms with Gasteiger partial charge in [0.15, 0.2) is 0 Å². The molecule has 11 heteroatoms. The van der Waals surface area contributed by atoms with Gasteiger partial charge in [-0.15, -0.1) is 0 Å². The molecule has 0 aliphatic heterocycles. The van der Waals surface area contributed by atoms with Gasteiger partial charge in [0.2, 0.25) is 0 Å². The van der Waals surface area contributed by atoms with Crippen molar-refractivity contribution >= 4 is 28.8 Å². The molecule has 2 aromatic heterocycles. The average molecular weight is 482 g/mol. The zero-order valence-electron chi connectivity index (χ0n) is 16.4. The van der Waals surface area contributed by atoms with Gasteiger partial charge in [0.1, 0.15) is 23.4 Å². The summed E-state index contributed by atoms with van der Waals surface area (Å²) in [5.74, 6) is -2.98. The summed E-state index contributed by atoms with van der Waals surface area (Å²) in [6.07, 6.45) is -1.98. The van der Waals surface area contributed by atoms with Crippen LogP contribution >= 0.6 is 11.6 Å². The molecule has 1 unspecified atom stereocenters. The van der Waals surface area contributed by atoms with E-state index >= 15 is 0 Å². The Hall–Kier alpha value is -3.50. The predicted molar refractivity (Wildman–Crippen MR) is 110 cm³/mol. The number of nitrogens with one attached hydrogen (secondary N) is 1. The molecule has 1 atom stereocenters. The van der Waals surface area contributed by atoms with E-state index in [1.165, 1.54) is 28.9 Å². The molecule has 0 spiro atoms. The number of aliphatic hydroxyl groups is 1. The first-order valence-corrected chi connectivity index (χ1v) is 9.70. The van der Waals surface area contributed by atoms with Crippen LogP contribution in [0.4, 0.5) is 27.6 Å². The van der Waals surface area contributed by atoms with E-state index in [-0.39, 0.29) is 33.6 Å². The number of aromatic nitrogens is 2. The number of carbonyl (C=O) groups is 1. The summed E-state index contributed by atoms with van der Waals surface area (Å²) < 4.78 is 68.1. The molecule has 2 N–H and O–H groups in total. The highest BCUT2D eigenvalue weighted by molar-refractivity contribution is 6.31. The molecule has 2 heterocycles. The number of imidazole rings is 1. The summed E-state index contributed by atoms with van der Waals surface area (Å²) in [4.78, 5) is 16.8. The van der Waals surface area contributed by atoms with Gasteiger partial charge in [0.05, 0.1) is 16.8 Å².